The lowest BCUT2D eigenvalue weighted by atomic mass is 10.0. The summed E-state index contributed by atoms with van der Waals surface area (Å²) in [6, 6.07) is 9.59. The molecule has 2 rings (SSSR count). The normalized spacial score (nSPS) is 12.5. The first kappa shape index (κ1) is 11.7. The van der Waals surface area contributed by atoms with Gasteiger partial charge in [-0.3, -0.25) is 0 Å². The van der Waals surface area contributed by atoms with E-state index in [4.69, 9.17) is 9.47 Å². The van der Waals surface area contributed by atoms with Gasteiger partial charge in [-0.1, -0.05) is 24.3 Å². The number of hydrogen-bond acceptors (Lipinski definition) is 3. The average molecular weight is 232 g/mol. The maximum atomic E-state index is 9.71. The van der Waals surface area contributed by atoms with Crippen molar-refractivity contribution in [2.45, 2.75) is 13.0 Å². The molecule has 0 aliphatic heterocycles. The molecule has 17 heavy (non-hydrogen) atoms. The molecule has 1 unspecified atom stereocenters. The summed E-state index contributed by atoms with van der Waals surface area (Å²) < 4.78 is 10.7. The van der Waals surface area contributed by atoms with Crippen LogP contribution in [0.2, 0.25) is 0 Å². The van der Waals surface area contributed by atoms with Gasteiger partial charge in [0.1, 0.15) is 11.5 Å². The van der Waals surface area contributed by atoms with Crippen molar-refractivity contribution in [3.05, 3.63) is 35.9 Å². The van der Waals surface area contributed by atoms with Crippen LogP contribution in [-0.2, 0) is 0 Å². The van der Waals surface area contributed by atoms with Crippen LogP contribution >= 0.6 is 0 Å². The Morgan fingerprint density at radius 1 is 1.00 bits per heavy atom. The predicted molar refractivity (Wildman–Crippen MR) is 67.7 cm³/mol. The quantitative estimate of drug-likeness (QED) is 0.884. The van der Waals surface area contributed by atoms with Gasteiger partial charge in [0.2, 0.25) is 0 Å². The van der Waals surface area contributed by atoms with E-state index >= 15 is 0 Å². The number of methoxy groups -OCH3 is 2. The fraction of sp³-hybridized carbons (Fsp3) is 0.286. The Balaban J connectivity index is 2.78. The van der Waals surface area contributed by atoms with Crippen LogP contribution in [0.4, 0.5) is 0 Å². The number of rotatable bonds is 3. The van der Waals surface area contributed by atoms with Crippen LogP contribution in [0.3, 0.4) is 0 Å². The summed E-state index contributed by atoms with van der Waals surface area (Å²) in [5.74, 6) is 1.51. The molecule has 0 amide bonds. The molecule has 1 N–H and O–H groups in total. The first-order valence-electron chi connectivity index (χ1n) is 5.50. The van der Waals surface area contributed by atoms with Gasteiger partial charge in [0, 0.05) is 16.3 Å². The first-order chi connectivity index (χ1) is 8.19. The van der Waals surface area contributed by atoms with Gasteiger partial charge in [0.05, 0.1) is 20.3 Å². The lowest BCUT2D eigenvalue weighted by Gasteiger charge is -2.15. The highest BCUT2D eigenvalue weighted by molar-refractivity contribution is 5.94. The van der Waals surface area contributed by atoms with Crippen LogP contribution in [-0.4, -0.2) is 19.3 Å². The molecule has 0 aromatic heterocycles. The number of benzene rings is 2. The van der Waals surface area contributed by atoms with Gasteiger partial charge in [0.15, 0.2) is 0 Å². The molecule has 3 heteroatoms. The summed E-state index contributed by atoms with van der Waals surface area (Å²) >= 11 is 0. The monoisotopic (exact) mass is 232 g/mol. The van der Waals surface area contributed by atoms with E-state index in [0.29, 0.717) is 5.75 Å². The van der Waals surface area contributed by atoms with Crippen molar-refractivity contribution in [2.24, 2.45) is 0 Å². The summed E-state index contributed by atoms with van der Waals surface area (Å²) in [5, 5.41) is 11.6. The summed E-state index contributed by atoms with van der Waals surface area (Å²) in [6.45, 7) is 1.73. The molecule has 0 bridgehead atoms. The van der Waals surface area contributed by atoms with Gasteiger partial charge in [-0.2, -0.15) is 0 Å². The lowest BCUT2D eigenvalue weighted by molar-refractivity contribution is 0.194. The summed E-state index contributed by atoms with van der Waals surface area (Å²) in [7, 11) is 3.25. The van der Waals surface area contributed by atoms with Crippen LogP contribution < -0.4 is 9.47 Å². The molecular formula is C14H16O3. The largest absolute Gasteiger partial charge is 0.496 e. The first-order valence-corrected chi connectivity index (χ1v) is 5.50. The van der Waals surface area contributed by atoms with Crippen molar-refractivity contribution in [3.8, 4) is 11.5 Å². The third kappa shape index (κ3) is 1.94. The molecule has 3 nitrogen and oxygen atoms in total. The van der Waals surface area contributed by atoms with Gasteiger partial charge in [-0.25, -0.2) is 0 Å². The Labute approximate surface area is 101 Å². The van der Waals surface area contributed by atoms with E-state index in [-0.39, 0.29) is 0 Å². The highest BCUT2D eigenvalue weighted by Crippen LogP contribution is 2.37. The second-order valence-electron chi connectivity index (χ2n) is 3.92. The van der Waals surface area contributed by atoms with Crippen LogP contribution in [0.25, 0.3) is 10.8 Å². The highest BCUT2D eigenvalue weighted by Gasteiger charge is 2.13. The van der Waals surface area contributed by atoms with E-state index in [1.54, 1.807) is 21.1 Å². The van der Waals surface area contributed by atoms with Crippen molar-refractivity contribution < 1.29 is 14.6 Å². The maximum Gasteiger partial charge on any atom is 0.132 e. The lowest BCUT2D eigenvalue weighted by Crippen LogP contribution is -1.97. The molecule has 0 spiro atoms. The maximum absolute atomic E-state index is 9.71. The van der Waals surface area contributed by atoms with Crippen molar-refractivity contribution in [1.29, 1.82) is 0 Å². The van der Waals surface area contributed by atoms with E-state index in [0.717, 1.165) is 22.1 Å². The SMILES string of the molecule is COc1cccc2c(OC)c(C(C)O)ccc12. The molecule has 0 fully saturated rings. The topological polar surface area (TPSA) is 38.7 Å². The molecule has 0 saturated carbocycles. The molecule has 0 radical (unpaired) electrons. The zero-order valence-corrected chi connectivity index (χ0v) is 10.2. The third-order valence-corrected chi connectivity index (χ3v) is 2.88. The molecule has 0 heterocycles. The minimum Gasteiger partial charge on any atom is -0.496 e. The summed E-state index contributed by atoms with van der Waals surface area (Å²) in [4.78, 5) is 0. The zero-order valence-electron chi connectivity index (χ0n) is 10.2. The van der Waals surface area contributed by atoms with E-state index in [1.807, 2.05) is 30.3 Å². The number of aliphatic hydroxyl groups is 1. The van der Waals surface area contributed by atoms with Crippen molar-refractivity contribution in [1.82, 2.24) is 0 Å². The zero-order chi connectivity index (χ0) is 12.4. The number of fused-ring (bicyclic) bond motifs is 1. The third-order valence-electron chi connectivity index (χ3n) is 2.88. The van der Waals surface area contributed by atoms with Crippen molar-refractivity contribution >= 4 is 10.8 Å². The fourth-order valence-corrected chi connectivity index (χ4v) is 2.05. The molecule has 0 aliphatic rings. The van der Waals surface area contributed by atoms with Gasteiger partial charge < -0.3 is 14.6 Å². The van der Waals surface area contributed by atoms with Crippen LogP contribution in [0.15, 0.2) is 30.3 Å². The van der Waals surface area contributed by atoms with Crippen LogP contribution in [0, 0.1) is 0 Å². The second-order valence-corrected chi connectivity index (χ2v) is 3.92. The summed E-state index contributed by atoms with van der Waals surface area (Å²) in [5.41, 5.74) is 0.785. The molecule has 90 valence electrons. The van der Waals surface area contributed by atoms with Crippen molar-refractivity contribution in [2.75, 3.05) is 14.2 Å². The number of ether oxygens (including phenoxy) is 2. The average Bonchev–Trinajstić information content (AvgIpc) is 2.36. The molecule has 2 aromatic rings. The van der Waals surface area contributed by atoms with E-state index in [1.165, 1.54) is 0 Å². The van der Waals surface area contributed by atoms with Gasteiger partial charge in [-0.15, -0.1) is 0 Å². The standard InChI is InChI=1S/C14H16O3/c1-9(15)10-7-8-11-12(14(10)17-3)5-4-6-13(11)16-2/h4-9,15H,1-3H3. The highest BCUT2D eigenvalue weighted by atomic mass is 16.5. The molecular weight excluding hydrogens is 216 g/mol. The van der Waals surface area contributed by atoms with Gasteiger partial charge in [-0.05, 0) is 13.0 Å². The minimum absolute atomic E-state index is 0.555. The molecule has 2 aromatic carbocycles. The smallest absolute Gasteiger partial charge is 0.132 e. The predicted octanol–water partition coefficient (Wildman–Crippen LogP) is 2.91. The fourth-order valence-electron chi connectivity index (χ4n) is 2.05. The van der Waals surface area contributed by atoms with Crippen LogP contribution in [0.5, 0.6) is 11.5 Å². The van der Waals surface area contributed by atoms with E-state index in [2.05, 4.69) is 0 Å². The minimum atomic E-state index is -0.555. The Morgan fingerprint density at radius 3 is 2.35 bits per heavy atom. The van der Waals surface area contributed by atoms with Crippen molar-refractivity contribution in [3.63, 3.8) is 0 Å². The van der Waals surface area contributed by atoms with Gasteiger partial charge in [0.25, 0.3) is 0 Å². The Hall–Kier alpha value is -1.74. The summed E-state index contributed by atoms with van der Waals surface area (Å²) in [6.07, 6.45) is -0.555. The Kier molecular flexibility index (Phi) is 3.20. The van der Waals surface area contributed by atoms with E-state index in [9.17, 15) is 5.11 Å². The Morgan fingerprint density at radius 2 is 1.76 bits per heavy atom. The van der Waals surface area contributed by atoms with Crippen LogP contribution in [0.1, 0.15) is 18.6 Å². The molecule has 0 saturated heterocycles. The van der Waals surface area contributed by atoms with Gasteiger partial charge >= 0.3 is 0 Å². The Bertz CT molecular complexity index is 532. The number of aliphatic hydroxyl groups excluding tert-OH is 1. The van der Waals surface area contributed by atoms with E-state index < -0.39 is 6.10 Å². The molecule has 1 atom stereocenters. The number of hydrogen-bond donors (Lipinski definition) is 1. The second kappa shape index (κ2) is 4.63. The molecule has 0 aliphatic carbocycles.